The average Bonchev–Trinajstić information content (AvgIpc) is 3.70. The number of imide groups is 1. The van der Waals surface area contributed by atoms with Crippen LogP contribution in [-0.2, 0) is 85.4 Å². The number of ether oxygens (including phenoxy) is 16. The first-order valence-corrected chi connectivity index (χ1v) is 23.3. The molecular formula is C46H77N3O20. The van der Waals surface area contributed by atoms with Crippen LogP contribution in [0.3, 0.4) is 0 Å². The van der Waals surface area contributed by atoms with Gasteiger partial charge in [-0.3, -0.25) is 19.2 Å². The zero-order chi connectivity index (χ0) is 49.5. The predicted octanol–water partition coefficient (Wildman–Crippen LogP) is 0.101. The van der Waals surface area contributed by atoms with Crippen molar-refractivity contribution in [2.45, 2.75) is 0 Å². The van der Waals surface area contributed by atoms with Gasteiger partial charge in [0.1, 0.15) is 0 Å². The van der Waals surface area contributed by atoms with Crippen molar-refractivity contribution in [3.8, 4) is 0 Å². The highest BCUT2D eigenvalue weighted by Gasteiger charge is 2.27. The second-order valence-corrected chi connectivity index (χ2v) is 14.2. The molecule has 0 atom stereocenters. The van der Waals surface area contributed by atoms with Crippen molar-refractivity contribution >= 4 is 29.3 Å². The molecule has 23 nitrogen and oxygen atoms in total. The highest BCUT2D eigenvalue weighted by Crippen LogP contribution is 2.23. The van der Waals surface area contributed by atoms with Gasteiger partial charge in [-0.25, -0.2) is 4.90 Å². The second-order valence-electron chi connectivity index (χ2n) is 14.2. The van der Waals surface area contributed by atoms with Gasteiger partial charge in [-0.05, 0) is 18.2 Å². The van der Waals surface area contributed by atoms with Crippen molar-refractivity contribution in [3.63, 3.8) is 0 Å². The topological polar surface area (TPSA) is 243 Å². The van der Waals surface area contributed by atoms with E-state index in [4.69, 9.17) is 75.8 Å². The minimum atomic E-state index is -0.587. The number of methoxy groups -OCH3 is 2. The van der Waals surface area contributed by atoms with Crippen LogP contribution in [0.25, 0.3) is 0 Å². The highest BCUT2D eigenvalue weighted by atomic mass is 16.6. The molecule has 1 aliphatic heterocycles. The number of nitrogens with zero attached hydrogens (tertiary/aromatic N) is 1. The van der Waals surface area contributed by atoms with E-state index in [-0.39, 0.29) is 43.1 Å². The SMILES string of the molecule is COCCOCCOCCOCCOCCOCCOCCOCCNC(=O)c1cc(C(=O)NCCOCCOCCOCCOCCOCCOCCOCCOC)cc(N2C(=O)C=CC2=O)c1. The first-order chi connectivity index (χ1) is 34.0. The molecule has 1 aromatic rings. The molecule has 0 bridgehead atoms. The molecule has 69 heavy (non-hydrogen) atoms. The van der Waals surface area contributed by atoms with E-state index in [0.29, 0.717) is 185 Å². The lowest BCUT2D eigenvalue weighted by Crippen LogP contribution is -2.32. The van der Waals surface area contributed by atoms with E-state index in [1.54, 1.807) is 14.2 Å². The maximum Gasteiger partial charge on any atom is 0.258 e. The van der Waals surface area contributed by atoms with Crippen LogP contribution in [0.1, 0.15) is 20.7 Å². The zero-order valence-electron chi connectivity index (χ0n) is 40.6. The van der Waals surface area contributed by atoms with Crippen LogP contribution < -0.4 is 15.5 Å². The van der Waals surface area contributed by atoms with Gasteiger partial charge in [0.15, 0.2) is 0 Å². The van der Waals surface area contributed by atoms with Gasteiger partial charge in [-0.2, -0.15) is 0 Å². The summed E-state index contributed by atoms with van der Waals surface area (Å²) in [6.07, 6.45) is 2.24. The molecule has 23 heteroatoms. The molecule has 4 amide bonds. The molecule has 1 heterocycles. The summed E-state index contributed by atoms with van der Waals surface area (Å²) in [5.41, 5.74) is 0.240. The van der Waals surface area contributed by atoms with Crippen LogP contribution in [-0.4, -0.2) is 249 Å². The number of hydrogen-bond donors (Lipinski definition) is 2. The van der Waals surface area contributed by atoms with Gasteiger partial charge in [0.05, 0.1) is 204 Å². The molecule has 2 N–H and O–H groups in total. The van der Waals surface area contributed by atoms with Gasteiger partial charge in [0.25, 0.3) is 23.6 Å². The van der Waals surface area contributed by atoms with E-state index in [9.17, 15) is 19.2 Å². The fraction of sp³-hybridized carbons (Fsp3) is 0.739. The molecule has 0 spiro atoms. The minimum Gasteiger partial charge on any atom is -0.382 e. The van der Waals surface area contributed by atoms with Gasteiger partial charge in [0.2, 0.25) is 0 Å². The van der Waals surface area contributed by atoms with E-state index >= 15 is 0 Å². The monoisotopic (exact) mass is 992 g/mol. The second kappa shape index (κ2) is 45.5. The third-order valence-corrected chi connectivity index (χ3v) is 8.90. The van der Waals surface area contributed by atoms with Gasteiger partial charge < -0.3 is 86.4 Å². The Labute approximate surface area is 406 Å². The Morgan fingerprint density at radius 1 is 0.348 bits per heavy atom. The first kappa shape index (κ1) is 61.5. The molecule has 0 aliphatic carbocycles. The lowest BCUT2D eigenvalue weighted by Gasteiger charge is -2.17. The maximum absolute atomic E-state index is 13.1. The number of nitrogens with one attached hydrogen (secondary N) is 2. The van der Waals surface area contributed by atoms with Crippen molar-refractivity contribution in [1.82, 2.24) is 10.6 Å². The summed E-state index contributed by atoms with van der Waals surface area (Å²) in [7, 11) is 3.26. The third-order valence-electron chi connectivity index (χ3n) is 8.90. The van der Waals surface area contributed by atoms with Crippen LogP contribution in [0.2, 0.25) is 0 Å². The number of rotatable bonds is 51. The number of benzene rings is 1. The summed E-state index contributed by atoms with van der Waals surface area (Å²) in [4.78, 5) is 52.0. The molecule has 0 fully saturated rings. The molecule has 0 unspecified atom stereocenters. The molecule has 0 saturated heterocycles. The van der Waals surface area contributed by atoms with Crippen molar-refractivity contribution in [2.75, 3.05) is 230 Å². The van der Waals surface area contributed by atoms with E-state index in [2.05, 4.69) is 10.6 Å². The molecule has 0 aromatic heterocycles. The molecule has 1 aliphatic rings. The summed E-state index contributed by atoms with van der Waals surface area (Å²) >= 11 is 0. The van der Waals surface area contributed by atoms with Gasteiger partial charge >= 0.3 is 0 Å². The van der Waals surface area contributed by atoms with Crippen LogP contribution in [0.15, 0.2) is 30.4 Å². The van der Waals surface area contributed by atoms with Gasteiger partial charge in [-0.1, -0.05) is 0 Å². The number of carbonyl (C=O) groups excluding carboxylic acids is 4. The normalized spacial score (nSPS) is 12.5. The Kier molecular flexibility index (Phi) is 40.6. The molecule has 396 valence electrons. The summed E-state index contributed by atoms with van der Waals surface area (Å²) in [5.74, 6) is -2.22. The number of carbonyl (C=O) groups is 4. The Bertz CT molecular complexity index is 1380. The van der Waals surface area contributed by atoms with Crippen molar-refractivity contribution in [1.29, 1.82) is 0 Å². The van der Waals surface area contributed by atoms with Crippen LogP contribution in [0, 0.1) is 0 Å². The predicted molar refractivity (Wildman–Crippen MR) is 248 cm³/mol. The van der Waals surface area contributed by atoms with Gasteiger partial charge in [-0.15, -0.1) is 0 Å². The van der Waals surface area contributed by atoms with Crippen molar-refractivity contribution in [3.05, 3.63) is 41.5 Å². The molecule has 2 rings (SSSR count). The zero-order valence-corrected chi connectivity index (χ0v) is 40.6. The Morgan fingerprint density at radius 3 is 0.797 bits per heavy atom. The lowest BCUT2D eigenvalue weighted by molar-refractivity contribution is -0.120. The summed E-state index contributed by atoms with van der Waals surface area (Å²) in [5, 5.41) is 5.46. The molecule has 0 saturated carbocycles. The standard InChI is InChI=1S/C46H77N3O20/c1-54-9-11-58-17-19-62-25-27-66-33-35-68-31-29-64-23-21-60-15-13-56-7-5-47-45(52)40-37-41(39-42(38-40)49-43(50)3-4-44(49)51)46(53)48-6-8-57-14-16-61-22-24-65-30-32-69-36-34-67-28-26-63-20-18-59-12-10-55-2/h3-4,37-39H,5-36H2,1-2H3,(H,47,52)(H,48,53). The maximum atomic E-state index is 13.1. The lowest BCUT2D eigenvalue weighted by atomic mass is 10.1. The summed E-state index contributed by atoms with van der Waals surface area (Å²) < 4.78 is 86.2. The molecule has 1 aromatic carbocycles. The third kappa shape index (κ3) is 34.4. The Morgan fingerprint density at radius 2 is 0.565 bits per heavy atom. The van der Waals surface area contributed by atoms with Crippen LogP contribution in [0.5, 0.6) is 0 Å². The number of hydrogen-bond acceptors (Lipinski definition) is 20. The number of anilines is 1. The van der Waals surface area contributed by atoms with Crippen LogP contribution in [0.4, 0.5) is 5.69 Å². The smallest absolute Gasteiger partial charge is 0.258 e. The Hall–Kier alpha value is -3.60. The fourth-order valence-corrected chi connectivity index (χ4v) is 5.46. The van der Waals surface area contributed by atoms with E-state index < -0.39 is 23.6 Å². The minimum absolute atomic E-state index is 0.0777. The number of amides is 4. The average molecular weight is 992 g/mol. The van der Waals surface area contributed by atoms with Crippen LogP contribution >= 0.6 is 0 Å². The quantitative estimate of drug-likeness (QED) is 0.0650. The van der Waals surface area contributed by atoms with Crippen molar-refractivity contribution in [2.24, 2.45) is 0 Å². The van der Waals surface area contributed by atoms with E-state index in [1.165, 1.54) is 18.2 Å². The molecular weight excluding hydrogens is 915 g/mol. The van der Waals surface area contributed by atoms with Crippen molar-refractivity contribution < 1.29 is 95.0 Å². The Balaban J connectivity index is 1.48. The summed E-state index contributed by atoms with van der Waals surface area (Å²) in [6.45, 7) is 13.3. The fourth-order valence-electron chi connectivity index (χ4n) is 5.46. The molecule has 0 radical (unpaired) electrons. The van der Waals surface area contributed by atoms with Gasteiger partial charge in [0, 0.05) is 50.6 Å². The van der Waals surface area contributed by atoms with E-state index in [0.717, 1.165) is 17.1 Å². The highest BCUT2D eigenvalue weighted by molar-refractivity contribution is 6.28. The largest absolute Gasteiger partial charge is 0.382 e. The first-order valence-electron chi connectivity index (χ1n) is 23.3. The van der Waals surface area contributed by atoms with E-state index in [1.807, 2.05) is 0 Å². The summed E-state index contributed by atoms with van der Waals surface area (Å²) in [6, 6.07) is 4.13.